The Bertz CT molecular complexity index is 1400. The number of H-pyrrole nitrogens is 1. The molecule has 0 spiro atoms. The summed E-state index contributed by atoms with van der Waals surface area (Å²) < 4.78 is 53.3. The van der Waals surface area contributed by atoms with Crippen molar-refractivity contribution in [2.24, 2.45) is 0 Å². The first-order valence-corrected chi connectivity index (χ1v) is 10.6. The number of hydrogen-bond donors (Lipinski definition) is 3. The predicted octanol–water partition coefficient (Wildman–Crippen LogP) is 3.67. The second kappa shape index (κ2) is 7.89. The first-order valence-electron chi connectivity index (χ1n) is 9.07. The Hall–Kier alpha value is -3.63. The first kappa shape index (κ1) is 20.6. The summed E-state index contributed by atoms with van der Waals surface area (Å²) in [4.78, 5) is 19.7. The van der Waals surface area contributed by atoms with Crippen LogP contribution in [0, 0.1) is 11.6 Å². The van der Waals surface area contributed by atoms with E-state index in [2.05, 4.69) is 20.0 Å². The molecule has 1 aromatic heterocycles. The van der Waals surface area contributed by atoms with Crippen molar-refractivity contribution in [3.63, 3.8) is 0 Å². The standard InChI is InChI=1S/C21H16F2N4O3S/c1-24-31(29,30)15-6-2-12(3-7-15)21(28)25-14-5-9-18-19(11-14)27-20(26-18)16-10-13(22)4-8-17(16)23/h2-11,24H,1H3,(H,25,28)(H,26,27). The summed E-state index contributed by atoms with van der Waals surface area (Å²) in [5, 5.41) is 2.71. The number of sulfonamides is 1. The van der Waals surface area contributed by atoms with Crippen molar-refractivity contribution in [1.82, 2.24) is 14.7 Å². The van der Waals surface area contributed by atoms with Crippen LogP contribution in [0.1, 0.15) is 10.4 Å². The van der Waals surface area contributed by atoms with Crippen molar-refractivity contribution < 1.29 is 22.0 Å². The van der Waals surface area contributed by atoms with Crippen LogP contribution in [-0.2, 0) is 10.0 Å². The lowest BCUT2D eigenvalue weighted by Crippen LogP contribution is -2.19. The molecule has 0 aliphatic carbocycles. The summed E-state index contributed by atoms with van der Waals surface area (Å²) in [5.41, 5.74) is 1.74. The Labute approximate surface area is 176 Å². The van der Waals surface area contributed by atoms with E-state index in [0.29, 0.717) is 16.7 Å². The molecule has 0 saturated heterocycles. The zero-order valence-electron chi connectivity index (χ0n) is 16.1. The number of amides is 1. The van der Waals surface area contributed by atoms with Crippen LogP contribution in [0.3, 0.4) is 0 Å². The van der Waals surface area contributed by atoms with Crippen LogP contribution < -0.4 is 10.0 Å². The number of carbonyl (C=O) groups is 1. The third kappa shape index (κ3) is 4.16. The lowest BCUT2D eigenvalue weighted by Gasteiger charge is -2.07. The molecule has 10 heteroatoms. The summed E-state index contributed by atoms with van der Waals surface area (Å²) in [5.74, 6) is -1.48. The average molecular weight is 442 g/mol. The van der Waals surface area contributed by atoms with Gasteiger partial charge < -0.3 is 10.3 Å². The minimum Gasteiger partial charge on any atom is -0.338 e. The SMILES string of the molecule is CNS(=O)(=O)c1ccc(C(=O)Nc2ccc3nc(-c4cc(F)ccc4F)[nH]c3c2)cc1. The van der Waals surface area contributed by atoms with E-state index in [-0.39, 0.29) is 21.8 Å². The van der Waals surface area contributed by atoms with Crippen molar-refractivity contribution >= 4 is 32.7 Å². The van der Waals surface area contributed by atoms with Crippen molar-refractivity contribution in [2.75, 3.05) is 12.4 Å². The number of carbonyl (C=O) groups excluding carboxylic acids is 1. The quantitative estimate of drug-likeness (QED) is 0.439. The molecule has 0 aliphatic rings. The molecule has 1 amide bonds. The number of fused-ring (bicyclic) bond motifs is 1. The highest BCUT2D eigenvalue weighted by Crippen LogP contribution is 2.25. The highest BCUT2D eigenvalue weighted by atomic mass is 32.2. The number of benzene rings is 3. The Morgan fingerprint density at radius 2 is 1.74 bits per heavy atom. The summed E-state index contributed by atoms with van der Waals surface area (Å²) >= 11 is 0. The van der Waals surface area contributed by atoms with Gasteiger partial charge in [0, 0.05) is 11.3 Å². The number of rotatable bonds is 5. The highest BCUT2D eigenvalue weighted by Gasteiger charge is 2.14. The molecule has 31 heavy (non-hydrogen) atoms. The van der Waals surface area contributed by atoms with Gasteiger partial charge in [-0.2, -0.15) is 0 Å². The minimum absolute atomic E-state index is 0.00148. The fourth-order valence-corrected chi connectivity index (χ4v) is 3.73. The molecule has 158 valence electrons. The van der Waals surface area contributed by atoms with Gasteiger partial charge in [-0.3, -0.25) is 4.79 Å². The maximum atomic E-state index is 14.0. The van der Waals surface area contributed by atoms with Gasteiger partial charge in [0.25, 0.3) is 5.91 Å². The number of halogens is 2. The largest absolute Gasteiger partial charge is 0.338 e. The first-order chi connectivity index (χ1) is 14.8. The molecule has 0 fully saturated rings. The van der Waals surface area contributed by atoms with Crippen molar-refractivity contribution in [2.45, 2.75) is 4.90 Å². The number of anilines is 1. The van der Waals surface area contributed by atoms with E-state index >= 15 is 0 Å². The van der Waals surface area contributed by atoms with Gasteiger partial charge in [-0.05, 0) is 67.7 Å². The van der Waals surface area contributed by atoms with Crippen LogP contribution in [0.5, 0.6) is 0 Å². The van der Waals surface area contributed by atoms with Gasteiger partial charge in [-0.25, -0.2) is 26.9 Å². The van der Waals surface area contributed by atoms with Gasteiger partial charge in [0.1, 0.15) is 17.5 Å². The number of imidazole rings is 1. The average Bonchev–Trinajstić information content (AvgIpc) is 3.18. The number of aromatic amines is 1. The molecule has 0 aliphatic heterocycles. The molecular formula is C21H16F2N4O3S. The van der Waals surface area contributed by atoms with Crippen LogP contribution in [0.2, 0.25) is 0 Å². The molecule has 0 unspecified atom stereocenters. The number of aromatic nitrogens is 2. The fourth-order valence-electron chi connectivity index (χ4n) is 3.00. The van der Waals surface area contributed by atoms with Crippen LogP contribution in [-0.4, -0.2) is 31.3 Å². The Morgan fingerprint density at radius 3 is 2.45 bits per heavy atom. The van der Waals surface area contributed by atoms with Gasteiger partial charge in [-0.1, -0.05) is 0 Å². The van der Waals surface area contributed by atoms with E-state index in [0.717, 1.165) is 18.2 Å². The number of nitrogens with zero attached hydrogens (tertiary/aromatic N) is 1. The molecule has 3 aromatic carbocycles. The van der Waals surface area contributed by atoms with Gasteiger partial charge in [0.05, 0.1) is 21.5 Å². The second-order valence-corrected chi connectivity index (χ2v) is 8.51. The molecule has 7 nitrogen and oxygen atoms in total. The molecular weight excluding hydrogens is 426 g/mol. The second-order valence-electron chi connectivity index (χ2n) is 6.63. The molecule has 0 saturated carbocycles. The zero-order valence-corrected chi connectivity index (χ0v) is 16.9. The number of hydrogen-bond acceptors (Lipinski definition) is 4. The molecule has 1 heterocycles. The third-order valence-corrected chi connectivity index (χ3v) is 6.05. The van der Waals surface area contributed by atoms with Crippen LogP contribution in [0.25, 0.3) is 22.4 Å². The lowest BCUT2D eigenvalue weighted by molar-refractivity contribution is 0.102. The Balaban J connectivity index is 1.58. The van der Waals surface area contributed by atoms with Crippen molar-refractivity contribution in [3.8, 4) is 11.4 Å². The van der Waals surface area contributed by atoms with Gasteiger partial charge in [0.15, 0.2) is 0 Å². The zero-order chi connectivity index (χ0) is 22.2. The lowest BCUT2D eigenvalue weighted by atomic mass is 10.2. The highest BCUT2D eigenvalue weighted by molar-refractivity contribution is 7.89. The maximum absolute atomic E-state index is 14.0. The molecule has 0 bridgehead atoms. The predicted molar refractivity (Wildman–Crippen MR) is 112 cm³/mol. The third-order valence-electron chi connectivity index (χ3n) is 4.62. The fraction of sp³-hybridized carbons (Fsp3) is 0.0476. The van der Waals surface area contributed by atoms with Crippen molar-refractivity contribution in [1.29, 1.82) is 0 Å². The van der Waals surface area contributed by atoms with Crippen molar-refractivity contribution in [3.05, 3.63) is 77.9 Å². The summed E-state index contributed by atoms with van der Waals surface area (Å²) in [6.07, 6.45) is 0. The van der Waals surface area contributed by atoms with E-state index in [4.69, 9.17) is 0 Å². The topological polar surface area (TPSA) is 104 Å². The van der Waals surface area contributed by atoms with Crippen LogP contribution in [0.4, 0.5) is 14.5 Å². The van der Waals surface area contributed by atoms with Crippen LogP contribution in [0.15, 0.2) is 65.6 Å². The summed E-state index contributed by atoms with van der Waals surface area (Å²) in [6, 6.07) is 13.4. The summed E-state index contributed by atoms with van der Waals surface area (Å²) in [6.45, 7) is 0. The van der Waals surface area contributed by atoms with E-state index in [1.54, 1.807) is 18.2 Å². The molecule has 0 radical (unpaired) electrons. The molecule has 4 rings (SSSR count). The Kier molecular flexibility index (Phi) is 5.25. The molecule has 3 N–H and O–H groups in total. The van der Waals surface area contributed by atoms with Gasteiger partial charge >= 0.3 is 0 Å². The van der Waals surface area contributed by atoms with E-state index in [1.807, 2.05) is 0 Å². The monoisotopic (exact) mass is 442 g/mol. The van der Waals surface area contributed by atoms with E-state index < -0.39 is 27.6 Å². The smallest absolute Gasteiger partial charge is 0.255 e. The van der Waals surface area contributed by atoms with Crippen LogP contribution >= 0.6 is 0 Å². The molecule has 0 atom stereocenters. The van der Waals surface area contributed by atoms with Gasteiger partial charge in [-0.15, -0.1) is 0 Å². The molecule has 4 aromatic rings. The minimum atomic E-state index is -3.59. The van der Waals surface area contributed by atoms with E-state index in [9.17, 15) is 22.0 Å². The number of nitrogens with one attached hydrogen (secondary N) is 3. The van der Waals surface area contributed by atoms with Gasteiger partial charge in [0.2, 0.25) is 10.0 Å². The Morgan fingerprint density at radius 1 is 1.00 bits per heavy atom. The summed E-state index contributed by atoms with van der Waals surface area (Å²) in [7, 11) is -2.29. The van der Waals surface area contributed by atoms with E-state index in [1.165, 1.54) is 31.3 Å². The maximum Gasteiger partial charge on any atom is 0.255 e. The normalized spacial score (nSPS) is 11.6.